The van der Waals surface area contributed by atoms with Crippen LogP contribution in [-0.2, 0) is 5.54 Å². The molecule has 0 bridgehead atoms. The number of hydrogen-bond acceptors (Lipinski definition) is 3. The normalized spacial score (nSPS) is 29.0. The van der Waals surface area contributed by atoms with Crippen molar-refractivity contribution in [3.63, 3.8) is 0 Å². The minimum Gasteiger partial charge on any atom is -0.371 e. The van der Waals surface area contributed by atoms with Crippen molar-refractivity contribution in [3.8, 4) is 0 Å². The van der Waals surface area contributed by atoms with Crippen molar-refractivity contribution in [2.75, 3.05) is 38.6 Å². The van der Waals surface area contributed by atoms with E-state index in [-0.39, 0.29) is 17.1 Å². The lowest BCUT2D eigenvalue weighted by molar-refractivity contribution is 0.0598. The summed E-state index contributed by atoms with van der Waals surface area (Å²) < 4.78 is 0. The first-order chi connectivity index (χ1) is 15.5. The molecule has 1 N–H and O–H groups in total. The highest BCUT2D eigenvalue weighted by Crippen LogP contribution is 2.46. The van der Waals surface area contributed by atoms with Crippen molar-refractivity contribution in [3.05, 3.63) is 66.2 Å². The van der Waals surface area contributed by atoms with E-state index in [1.54, 1.807) is 0 Å². The topological polar surface area (TPSA) is 38.8 Å². The maximum absolute atomic E-state index is 13.1. The highest BCUT2D eigenvalue weighted by Gasteiger charge is 2.51. The van der Waals surface area contributed by atoms with Gasteiger partial charge in [-0.05, 0) is 70.3 Å². The molecular weight excluding hydrogens is 396 g/mol. The van der Waals surface area contributed by atoms with Crippen molar-refractivity contribution in [2.45, 2.75) is 55.6 Å². The van der Waals surface area contributed by atoms with Crippen LogP contribution in [-0.4, -0.2) is 61.1 Å². The van der Waals surface area contributed by atoms with E-state index in [4.69, 9.17) is 0 Å². The highest BCUT2D eigenvalue weighted by molar-refractivity contribution is 5.78. The molecule has 2 aliphatic heterocycles. The van der Waals surface area contributed by atoms with Crippen LogP contribution in [0.3, 0.4) is 0 Å². The molecule has 3 aliphatic rings. The molecule has 0 radical (unpaired) electrons. The zero-order valence-electron chi connectivity index (χ0n) is 19.5. The van der Waals surface area contributed by atoms with E-state index >= 15 is 0 Å². The van der Waals surface area contributed by atoms with Crippen LogP contribution in [0.15, 0.2) is 60.7 Å². The Balaban J connectivity index is 1.24. The van der Waals surface area contributed by atoms with Gasteiger partial charge in [0.25, 0.3) is 0 Å². The van der Waals surface area contributed by atoms with E-state index in [1.165, 1.54) is 11.3 Å². The Labute approximate surface area is 192 Å². The fourth-order valence-corrected chi connectivity index (χ4v) is 6.27. The van der Waals surface area contributed by atoms with Crippen molar-refractivity contribution in [1.29, 1.82) is 0 Å². The highest BCUT2D eigenvalue weighted by atomic mass is 16.2. The summed E-state index contributed by atoms with van der Waals surface area (Å²) in [5.74, 6) is 0. The van der Waals surface area contributed by atoms with E-state index < -0.39 is 0 Å². The molecule has 2 aromatic carbocycles. The van der Waals surface area contributed by atoms with Gasteiger partial charge in [0, 0.05) is 36.9 Å². The maximum atomic E-state index is 13.1. The van der Waals surface area contributed by atoms with E-state index in [2.05, 4.69) is 94.8 Å². The number of para-hydroxylation sites is 1. The average Bonchev–Trinajstić information content (AvgIpc) is 3.16. The van der Waals surface area contributed by atoms with Gasteiger partial charge in [0.15, 0.2) is 0 Å². The van der Waals surface area contributed by atoms with E-state index in [0.29, 0.717) is 6.04 Å². The van der Waals surface area contributed by atoms with Crippen molar-refractivity contribution in [1.82, 2.24) is 15.1 Å². The molecule has 5 heteroatoms. The average molecular weight is 433 g/mol. The summed E-state index contributed by atoms with van der Waals surface area (Å²) in [5.41, 5.74) is 2.68. The molecule has 2 saturated heterocycles. The quantitative estimate of drug-likeness (QED) is 0.776. The summed E-state index contributed by atoms with van der Waals surface area (Å²) in [6, 6.07) is 22.0. The fourth-order valence-electron chi connectivity index (χ4n) is 6.27. The summed E-state index contributed by atoms with van der Waals surface area (Å²) >= 11 is 0. The number of anilines is 1. The van der Waals surface area contributed by atoms with Gasteiger partial charge in [-0.1, -0.05) is 48.5 Å². The molecule has 2 amide bonds. The molecule has 3 fully saturated rings. The molecule has 1 spiro atoms. The number of hydrogen-bond donors (Lipinski definition) is 1. The second kappa shape index (κ2) is 8.43. The predicted octanol–water partition coefficient (Wildman–Crippen LogP) is 4.45. The molecule has 32 heavy (non-hydrogen) atoms. The van der Waals surface area contributed by atoms with Crippen LogP contribution in [0, 0.1) is 0 Å². The van der Waals surface area contributed by atoms with Crippen LogP contribution in [0.1, 0.15) is 44.1 Å². The number of rotatable bonds is 4. The summed E-state index contributed by atoms with van der Waals surface area (Å²) in [5, 5.41) is 3.44. The van der Waals surface area contributed by atoms with E-state index in [0.717, 1.165) is 58.2 Å². The smallest absolute Gasteiger partial charge is 0.318 e. The lowest BCUT2D eigenvalue weighted by atomic mass is 9.69. The Bertz CT molecular complexity index is 913. The third kappa shape index (κ3) is 3.77. The van der Waals surface area contributed by atoms with Crippen LogP contribution in [0.25, 0.3) is 0 Å². The van der Waals surface area contributed by atoms with Crippen molar-refractivity contribution >= 4 is 11.7 Å². The van der Waals surface area contributed by atoms with Crippen LogP contribution in [0.5, 0.6) is 0 Å². The molecule has 2 heterocycles. The van der Waals surface area contributed by atoms with Gasteiger partial charge in [0.05, 0.1) is 5.54 Å². The second-order valence-corrected chi connectivity index (χ2v) is 10.2. The van der Waals surface area contributed by atoms with Crippen molar-refractivity contribution in [2.24, 2.45) is 0 Å². The number of amides is 2. The first-order valence-corrected chi connectivity index (χ1v) is 12.1. The Morgan fingerprint density at radius 3 is 2.06 bits per heavy atom. The summed E-state index contributed by atoms with van der Waals surface area (Å²) in [6.07, 6.45) is 6.31. The molecule has 5 rings (SSSR count). The summed E-state index contributed by atoms with van der Waals surface area (Å²) in [7, 11) is 4.40. The van der Waals surface area contributed by atoms with Gasteiger partial charge in [-0.2, -0.15) is 0 Å². The van der Waals surface area contributed by atoms with Crippen molar-refractivity contribution < 1.29 is 4.79 Å². The van der Waals surface area contributed by atoms with Gasteiger partial charge in [-0.25, -0.2) is 4.79 Å². The number of carbonyl (C=O) groups excluding carboxylic acids is 1. The fraction of sp³-hybridized carbons (Fsp3) is 0.519. The summed E-state index contributed by atoms with van der Waals surface area (Å²) in [6.45, 7) is 2.90. The minimum atomic E-state index is -0.0675. The number of urea groups is 1. The van der Waals surface area contributed by atoms with Crippen LogP contribution in [0.2, 0.25) is 0 Å². The minimum absolute atomic E-state index is 0.0612. The zero-order valence-corrected chi connectivity index (χ0v) is 19.5. The molecule has 170 valence electrons. The largest absolute Gasteiger partial charge is 0.371 e. The monoisotopic (exact) mass is 432 g/mol. The number of piperidine rings is 1. The molecular formula is C27H36N4O. The number of benzene rings is 2. The predicted molar refractivity (Wildman–Crippen MR) is 130 cm³/mol. The number of nitrogens with one attached hydrogen (secondary N) is 1. The van der Waals surface area contributed by atoms with Crippen LogP contribution in [0.4, 0.5) is 10.5 Å². The zero-order chi connectivity index (χ0) is 22.2. The molecule has 1 aliphatic carbocycles. The Hall–Kier alpha value is -2.53. The van der Waals surface area contributed by atoms with Gasteiger partial charge in [0.1, 0.15) is 0 Å². The van der Waals surface area contributed by atoms with Crippen LogP contribution >= 0.6 is 0 Å². The molecule has 5 nitrogen and oxygen atoms in total. The van der Waals surface area contributed by atoms with Gasteiger partial charge in [0.2, 0.25) is 0 Å². The first kappa shape index (κ1) is 21.3. The molecule has 1 saturated carbocycles. The maximum Gasteiger partial charge on any atom is 0.318 e. The van der Waals surface area contributed by atoms with E-state index in [1.807, 2.05) is 0 Å². The third-order valence-electron chi connectivity index (χ3n) is 8.33. The molecule has 2 aromatic rings. The Morgan fingerprint density at radius 1 is 0.875 bits per heavy atom. The standard InChI is InChI=1S/C27H36N4O/c1-29(2)27(22-9-5-3-6-10-22)17-15-26(16-18-27)21-31(25(32)28-26)24-13-19-30(20-14-24)23-11-7-4-8-12-23/h3-12,24H,13-21H2,1-2H3,(H,28,32)/t26-,27-. The van der Waals surface area contributed by atoms with Gasteiger partial charge in [-0.3, -0.25) is 4.90 Å². The van der Waals surface area contributed by atoms with Gasteiger partial charge < -0.3 is 15.1 Å². The lowest BCUT2D eigenvalue weighted by Gasteiger charge is -2.49. The molecule has 0 aromatic heterocycles. The van der Waals surface area contributed by atoms with E-state index in [9.17, 15) is 4.79 Å². The Morgan fingerprint density at radius 2 is 1.47 bits per heavy atom. The molecule has 0 unspecified atom stereocenters. The number of nitrogens with zero attached hydrogens (tertiary/aromatic N) is 3. The molecule has 0 atom stereocenters. The SMILES string of the molecule is CN(C)[C@]1(c2ccccc2)CC[C@@]2(CC1)CN(C1CCN(c3ccccc3)CC1)C(=O)N2. The Kier molecular flexibility index (Phi) is 5.62. The first-order valence-electron chi connectivity index (χ1n) is 12.1. The van der Waals surface area contributed by atoms with Gasteiger partial charge in [-0.15, -0.1) is 0 Å². The number of carbonyl (C=O) groups is 1. The lowest BCUT2D eigenvalue weighted by Crippen LogP contribution is -2.54. The second-order valence-electron chi connectivity index (χ2n) is 10.2. The third-order valence-corrected chi connectivity index (χ3v) is 8.33. The van der Waals surface area contributed by atoms with Crippen LogP contribution < -0.4 is 10.2 Å². The summed E-state index contributed by atoms with van der Waals surface area (Å²) in [4.78, 5) is 20.1. The van der Waals surface area contributed by atoms with Gasteiger partial charge >= 0.3 is 6.03 Å².